The lowest BCUT2D eigenvalue weighted by atomic mass is 9.99. The topological polar surface area (TPSA) is 237 Å². The molecule has 0 aromatic heterocycles. The van der Waals surface area contributed by atoms with Crippen molar-refractivity contribution in [3.05, 3.63) is 24.3 Å². The minimum atomic E-state index is -4.96. The van der Waals surface area contributed by atoms with Gasteiger partial charge in [0.25, 0.3) is 0 Å². The molecule has 19 heteroatoms. The van der Waals surface area contributed by atoms with Crippen LogP contribution in [0.4, 0.5) is 0 Å². The fourth-order valence-corrected chi connectivity index (χ4v) is 12.8. The number of unbranched alkanes of at least 4 members (excludes halogenated alkanes) is 40. The smallest absolute Gasteiger partial charge is 0.462 e. The van der Waals surface area contributed by atoms with Crippen molar-refractivity contribution in [2.75, 3.05) is 39.6 Å². The molecular weight excluding hydrogens is 1260 g/mol. The third-order valence-corrected chi connectivity index (χ3v) is 19.6. The molecule has 0 saturated carbocycles. The normalized spacial score (nSPS) is 14.4. The highest BCUT2D eigenvalue weighted by Crippen LogP contribution is 2.45. The molecule has 17 nitrogen and oxygen atoms in total. The molecule has 0 spiro atoms. The molecule has 6 atom stereocenters. The highest BCUT2D eigenvalue weighted by Gasteiger charge is 2.30. The number of phosphoric acid groups is 2. The average Bonchev–Trinajstić information content (AvgIpc) is 1.93. The molecule has 0 aromatic carbocycles. The van der Waals surface area contributed by atoms with Gasteiger partial charge in [-0.1, -0.05) is 323 Å². The van der Waals surface area contributed by atoms with Gasteiger partial charge in [-0.25, -0.2) is 9.13 Å². The predicted octanol–water partition coefficient (Wildman–Crippen LogP) is 22.3. The second-order valence-electron chi connectivity index (χ2n) is 27.8. The highest BCUT2D eigenvalue weighted by molar-refractivity contribution is 7.47. The Morgan fingerprint density at radius 1 is 0.344 bits per heavy atom. The van der Waals surface area contributed by atoms with Crippen molar-refractivity contribution >= 4 is 39.5 Å². The van der Waals surface area contributed by atoms with Crippen LogP contribution in [0.15, 0.2) is 24.3 Å². The highest BCUT2D eigenvalue weighted by atomic mass is 31.2. The first-order chi connectivity index (χ1) is 46.4. The van der Waals surface area contributed by atoms with Crippen LogP contribution in [-0.2, 0) is 65.4 Å². The molecule has 96 heavy (non-hydrogen) atoms. The zero-order valence-corrected chi connectivity index (χ0v) is 63.9. The van der Waals surface area contributed by atoms with Crippen molar-refractivity contribution in [2.24, 2.45) is 11.8 Å². The second kappa shape index (κ2) is 68.3. The Hall–Kier alpha value is -2.46. The maximum atomic E-state index is 13.1. The zero-order chi connectivity index (χ0) is 70.7. The van der Waals surface area contributed by atoms with E-state index in [4.69, 9.17) is 37.0 Å². The number of allylic oxidation sites excluding steroid dienone is 4. The number of phosphoric ester groups is 2. The Bertz CT molecular complexity index is 1950. The number of esters is 4. The zero-order valence-electron chi connectivity index (χ0n) is 62.2. The summed E-state index contributed by atoms with van der Waals surface area (Å²) in [5, 5.41) is 10.6. The molecule has 3 N–H and O–H groups in total. The third-order valence-electron chi connectivity index (χ3n) is 17.7. The van der Waals surface area contributed by atoms with Crippen molar-refractivity contribution in [3.8, 4) is 0 Å². The quantitative estimate of drug-likeness (QED) is 0.0169. The van der Waals surface area contributed by atoms with Crippen LogP contribution >= 0.6 is 15.6 Å². The van der Waals surface area contributed by atoms with Crippen molar-refractivity contribution in [3.63, 3.8) is 0 Å². The van der Waals surface area contributed by atoms with Gasteiger partial charge in [-0.3, -0.25) is 37.3 Å². The van der Waals surface area contributed by atoms with Crippen molar-refractivity contribution < 1.29 is 80.2 Å². The van der Waals surface area contributed by atoms with E-state index >= 15 is 0 Å². The number of carbonyl (C=O) groups is 4. The molecule has 0 fully saturated rings. The molecule has 0 aliphatic rings. The molecule has 0 heterocycles. The summed E-state index contributed by atoms with van der Waals surface area (Å²) in [6.45, 7) is 9.57. The number of carbonyl (C=O) groups excluding carboxylic acids is 4. The SMILES string of the molecule is CCCCCC/C=C\C=C/CCCCCCCC(=O)O[C@H](COC(=O)CCCCCCCCC)COP(=O)(O)OC[C@H](O)COP(=O)(O)OC[C@@H](COC(=O)CCCCCCCCCCCCCCCC(C)C)OC(=O)CCCCCCCCCCCCCCCCC(C)CC. The molecule has 0 aliphatic heterocycles. The Morgan fingerprint density at radius 2 is 0.615 bits per heavy atom. The Labute approximate surface area is 586 Å². The van der Waals surface area contributed by atoms with Gasteiger partial charge in [0, 0.05) is 25.7 Å². The predicted molar refractivity (Wildman–Crippen MR) is 391 cm³/mol. The van der Waals surface area contributed by atoms with E-state index in [1.807, 2.05) is 0 Å². The summed E-state index contributed by atoms with van der Waals surface area (Å²) in [4.78, 5) is 72.7. The minimum absolute atomic E-state index is 0.0847. The van der Waals surface area contributed by atoms with Gasteiger partial charge in [-0.2, -0.15) is 0 Å². The fourth-order valence-electron chi connectivity index (χ4n) is 11.3. The van der Waals surface area contributed by atoms with Crippen molar-refractivity contribution in [1.29, 1.82) is 0 Å². The van der Waals surface area contributed by atoms with Gasteiger partial charge in [0.05, 0.1) is 26.4 Å². The molecule has 3 unspecified atom stereocenters. The van der Waals surface area contributed by atoms with E-state index in [-0.39, 0.29) is 25.7 Å². The molecule has 0 aromatic rings. The van der Waals surface area contributed by atoms with Crippen LogP contribution in [0.25, 0.3) is 0 Å². The van der Waals surface area contributed by atoms with Gasteiger partial charge in [0.1, 0.15) is 19.3 Å². The number of ether oxygens (including phenoxy) is 4. The lowest BCUT2D eigenvalue weighted by Crippen LogP contribution is -2.30. The van der Waals surface area contributed by atoms with Crippen LogP contribution < -0.4 is 0 Å². The van der Waals surface area contributed by atoms with Crippen LogP contribution in [-0.4, -0.2) is 96.7 Å². The van der Waals surface area contributed by atoms with Crippen molar-refractivity contribution in [2.45, 2.75) is 394 Å². The van der Waals surface area contributed by atoms with Crippen LogP contribution in [0.5, 0.6) is 0 Å². The molecule has 566 valence electrons. The molecule has 0 saturated heterocycles. The maximum Gasteiger partial charge on any atom is 0.472 e. The van der Waals surface area contributed by atoms with Crippen LogP contribution in [0.3, 0.4) is 0 Å². The lowest BCUT2D eigenvalue weighted by Gasteiger charge is -2.21. The summed E-state index contributed by atoms with van der Waals surface area (Å²) in [6, 6.07) is 0. The maximum absolute atomic E-state index is 13.1. The monoisotopic (exact) mass is 1410 g/mol. The lowest BCUT2D eigenvalue weighted by molar-refractivity contribution is -0.161. The first-order valence-electron chi connectivity index (χ1n) is 39.3. The number of hydrogen-bond acceptors (Lipinski definition) is 15. The molecule has 0 bridgehead atoms. The van der Waals surface area contributed by atoms with Gasteiger partial charge in [0.15, 0.2) is 12.2 Å². The first-order valence-corrected chi connectivity index (χ1v) is 42.3. The van der Waals surface area contributed by atoms with Gasteiger partial charge < -0.3 is 33.8 Å². The minimum Gasteiger partial charge on any atom is -0.462 e. The summed E-state index contributed by atoms with van der Waals surface area (Å²) in [5.41, 5.74) is 0. The number of aliphatic hydroxyl groups is 1. The second-order valence-corrected chi connectivity index (χ2v) is 30.7. The first kappa shape index (κ1) is 93.5. The van der Waals surface area contributed by atoms with E-state index in [0.29, 0.717) is 25.7 Å². The van der Waals surface area contributed by atoms with E-state index in [0.717, 1.165) is 127 Å². The van der Waals surface area contributed by atoms with E-state index in [9.17, 15) is 43.2 Å². The summed E-state index contributed by atoms with van der Waals surface area (Å²) >= 11 is 0. The fraction of sp³-hybridized carbons (Fsp3) is 0.896. The summed E-state index contributed by atoms with van der Waals surface area (Å²) in [6.07, 6.45) is 59.1. The van der Waals surface area contributed by atoms with Gasteiger partial charge in [-0.05, 0) is 63.2 Å². The van der Waals surface area contributed by atoms with Crippen LogP contribution in [0, 0.1) is 11.8 Å². The molecule has 0 radical (unpaired) electrons. The summed E-state index contributed by atoms with van der Waals surface area (Å²) in [7, 11) is -9.92. The molecule has 0 amide bonds. The Kier molecular flexibility index (Phi) is 66.6. The van der Waals surface area contributed by atoms with E-state index in [1.165, 1.54) is 167 Å². The average molecular weight is 1410 g/mol. The van der Waals surface area contributed by atoms with Gasteiger partial charge in [-0.15, -0.1) is 0 Å². The van der Waals surface area contributed by atoms with E-state index in [2.05, 4.69) is 65.8 Å². The Morgan fingerprint density at radius 3 is 0.938 bits per heavy atom. The number of aliphatic hydroxyl groups excluding tert-OH is 1. The Balaban J connectivity index is 5.23. The van der Waals surface area contributed by atoms with Gasteiger partial charge in [0.2, 0.25) is 0 Å². The number of hydrogen-bond donors (Lipinski definition) is 3. The largest absolute Gasteiger partial charge is 0.472 e. The summed E-state index contributed by atoms with van der Waals surface area (Å²) in [5.74, 6) is -0.515. The van der Waals surface area contributed by atoms with Crippen molar-refractivity contribution in [1.82, 2.24) is 0 Å². The van der Waals surface area contributed by atoms with E-state index < -0.39 is 97.5 Å². The summed E-state index contributed by atoms with van der Waals surface area (Å²) < 4.78 is 68.4. The van der Waals surface area contributed by atoms with Crippen LogP contribution in [0.2, 0.25) is 0 Å². The number of rotatable bonds is 74. The molecular formula is C77H146O17P2. The van der Waals surface area contributed by atoms with E-state index in [1.54, 1.807) is 0 Å². The van der Waals surface area contributed by atoms with Gasteiger partial charge >= 0.3 is 39.5 Å². The standard InChI is InChI=1S/C77H146O17P2/c1-7-10-12-14-16-17-18-19-20-26-32-37-43-49-55-61-76(81)93-72(65-87-74(79)59-53-47-39-15-13-11-8-2)67-91-95(83,84)89-63-71(78)64-90-96(85,86)92-68-73(66-88-75(80)60-54-48-42-36-31-28-23-24-29-34-40-45-51-57-69(4)5)94-77(82)62-56-50-44-38-33-27-22-21-25-30-35-41-46-52-58-70(6)9-3/h17-20,69-73,78H,7-16,21-68H2,1-6H3,(H,83,84)(H,85,86)/b18-17-,20-19-/t70?,71-,72+,73+/m0/s1. The molecule has 0 rings (SSSR count). The van der Waals surface area contributed by atoms with Crippen LogP contribution in [0.1, 0.15) is 375 Å². The molecule has 0 aliphatic carbocycles. The third kappa shape index (κ3) is 68.7.